The lowest BCUT2D eigenvalue weighted by molar-refractivity contribution is 0.414. The van der Waals surface area contributed by atoms with Gasteiger partial charge in [-0.2, -0.15) is 0 Å². The second-order valence-corrected chi connectivity index (χ2v) is 6.71. The van der Waals surface area contributed by atoms with Gasteiger partial charge in [0.05, 0.1) is 12.7 Å². The summed E-state index contributed by atoms with van der Waals surface area (Å²) in [6.07, 6.45) is 0.593. The third-order valence-electron chi connectivity index (χ3n) is 4.58. The van der Waals surface area contributed by atoms with Crippen molar-refractivity contribution in [3.8, 4) is 16.9 Å². The van der Waals surface area contributed by atoms with Crippen molar-refractivity contribution >= 4 is 22.6 Å². The molecule has 4 heteroatoms. The van der Waals surface area contributed by atoms with Crippen LogP contribution in [0.15, 0.2) is 82.0 Å². The van der Waals surface area contributed by atoms with E-state index in [1.807, 2.05) is 66.7 Å². The van der Waals surface area contributed by atoms with Crippen LogP contribution in [0.1, 0.15) is 11.1 Å². The molecule has 0 spiro atoms. The molecule has 0 aliphatic rings. The number of benzene rings is 3. The first-order chi connectivity index (χ1) is 13.2. The van der Waals surface area contributed by atoms with E-state index in [9.17, 15) is 4.79 Å². The molecule has 0 aliphatic heterocycles. The van der Waals surface area contributed by atoms with Crippen molar-refractivity contribution in [2.45, 2.75) is 6.42 Å². The molecule has 0 N–H and O–H groups in total. The van der Waals surface area contributed by atoms with E-state index in [1.165, 1.54) is 0 Å². The van der Waals surface area contributed by atoms with Crippen molar-refractivity contribution < 1.29 is 9.15 Å². The van der Waals surface area contributed by atoms with Gasteiger partial charge in [-0.3, -0.25) is 0 Å². The molecule has 0 bridgehead atoms. The second-order valence-electron chi connectivity index (χ2n) is 6.27. The summed E-state index contributed by atoms with van der Waals surface area (Å²) in [5, 5.41) is 1.58. The predicted octanol–water partition coefficient (Wildman–Crippen LogP) is 5.71. The molecule has 0 radical (unpaired) electrons. The molecule has 0 amide bonds. The average molecular weight is 377 g/mol. The van der Waals surface area contributed by atoms with Crippen LogP contribution in [0.5, 0.6) is 5.75 Å². The average Bonchev–Trinajstić information content (AvgIpc) is 2.70. The zero-order valence-corrected chi connectivity index (χ0v) is 15.5. The van der Waals surface area contributed by atoms with Gasteiger partial charge in [0, 0.05) is 16.5 Å². The highest BCUT2D eigenvalue weighted by Gasteiger charge is 2.17. The minimum absolute atomic E-state index is 0.356. The predicted molar refractivity (Wildman–Crippen MR) is 109 cm³/mol. The smallest absolute Gasteiger partial charge is 0.344 e. The van der Waals surface area contributed by atoms with Crippen LogP contribution in [0.2, 0.25) is 5.02 Å². The topological polar surface area (TPSA) is 39.4 Å². The number of hydrogen-bond acceptors (Lipinski definition) is 3. The number of methoxy groups -OCH3 is 1. The van der Waals surface area contributed by atoms with Gasteiger partial charge in [0.25, 0.3) is 0 Å². The summed E-state index contributed by atoms with van der Waals surface area (Å²) in [5.41, 5.74) is 3.58. The first kappa shape index (κ1) is 17.4. The van der Waals surface area contributed by atoms with E-state index in [0.29, 0.717) is 28.3 Å². The maximum Gasteiger partial charge on any atom is 0.344 e. The van der Waals surface area contributed by atoms with E-state index in [0.717, 1.165) is 22.1 Å². The van der Waals surface area contributed by atoms with Gasteiger partial charge < -0.3 is 9.15 Å². The van der Waals surface area contributed by atoms with E-state index >= 15 is 0 Å². The summed E-state index contributed by atoms with van der Waals surface area (Å²) >= 11 is 6.02. The molecule has 27 heavy (non-hydrogen) atoms. The van der Waals surface area contributed by atoms with Gasteiger partial charge in [0.1, 0.15) is 11.3 Å². The summed E-state index contributed by atoms with van der Waals surface area (Å²) in [5.74, 6) is 0.649. The van der Waals surface area contributed by atoms with E-state index in [1.54, 1.807) is 13.2 Å². The lowest BCUT2D eigenvalue weighted by Crippen LogP contribution is -2.09. The normalized spacial score (nSPS) is 10.9. The number of rotatable bonds is 4. The molecule has 1 heterocycles. The number of halogens is 1. The van der Waals surface area contributed by atoms with E-state index in [2.05, 4.69) is 0 Å². The molecule has 0 aliphatic carbocycles. The zero-order valence-electron chi connectivity index (χ0n) is 14.7. The van der Waals surface area contributed by atoms with E-state index in [-0.39, 0.29) is 5.63 Å². The molecule has 0 unspecified atom stereocenters. The summed E-state index contributed by atoms with van der Waals surface area (Å²) in [6, 6.07) is 22.8. The van der Waals surface area contributed by atoms with Crippen LogP contribution < -0.4 is 10.4 Å². The highest BCUT2D eigenvalue weighted by molar-refractivity contribution is 6.30. The van der Waals surface area contributed by atoms with Crippen LogP contribution in [0.4, 0.5) is 0 Å². The summed E-state index contributed by atoms with van der Waals surface area (Å²) in [4.78, 5) is 12.9. The maximum absolute atomic E-state index is 12.9. The molecule has 4 aromatic rings. The van der Waals surface area contributed by atoms with Gasteiger partial charge >= 0.3 is 5.63 Å². The monoisotopic (exact) mass is 376 g/mol. The summed E-state index contributed by atoms with van der Waals surface area (Å²) in [7, 11) is 1.59. The molecule has 0 saturated heterocycles. The van der Waals surface area contributed by atoms with Crippen LogP contribution >= 0.6 is 11.6 Å². The van der Waals surface area contributed by atoms with Gasteiger partial charge in [-0.1, -0.05) is 54.1 Å². The Hall–Kier alpha value is -3.04. The van der Waals surface area contributed by atoms with Crippen LogP contribution in [-0.2, 0) is 6.42 Å². The highest BCUT2D eigenvalue weighted by atomic mass is 35.5. The van der Waals surface area contributed by atoms with Crippen LogP contribution in [0, 0.1) is 0 Å². The van der Waals surface area contributed by atoms with Crippen molar-refractivity contribution in [2.75, 3.05) is 7.11 Å². The Balaban J connectivity index is 1.98. The first-order valence-corrected chi connectivity index (χ1v) is 8.97. The van der Waals surface area contributed by atoms with Crippen molar-refractivity contribution in [3.05, 3.63) is 99.4 Å². The number of fused-ring (bicyclic) bond motifs is 1. The third-order valence-corrected chi connectivity index (χ3v) is 4.83. The largest absolute Gasteiger partial charge is 0.497 e. The molecule has 134 valence electrons. The Bertz CT molecular complexity index is 1150. The number of hydrogen-bond donors (Lipinski definition) is 0. The molecule has 4 rings (SSSR count). The van der Waals surface area contributed by atoms with Crippen molar-refractivity contribution in [1.82, 2.24) is 0 Å². The first-order valence-electron chi connectivity index (χ1n) is 8.59. The minimum atomic E-state index is -0.356. The Morgan fingerprint density at radius 1 is 0.963 bits per heavy atom. The van der Waals surface area contributed by atoms with Crippen LogP contribution in [-0.4, -0.2) is 7.11 Å². The SMILES string of the molecule is COc1ccc2c(Cc3ccc(Cl)cc3)c(-c3ccccc3)c(=O)oc2c1. The molecular formula is C23H17ClO3. The molecule has 1 aromatic heterocycles. The second kappa shape index (κ2) is 7.29. The molecule has 3 nitrogen and oxygen atoms in total. The fraction of sp³-hybridized carbons (Fsp3) is 0.0870. The Labute approximate surface area is 161 Å². The van der Waals surface area contributed by atoms with Gasteiger partial charge in [-0.05, 0) is 47.4 Å². The maximum atomic E-state index is 12.9. The minimum Gasteiger partial charge on any atom is -0.497 e. The van der Waals surface area contributed by atoms with Crippen molar-refractivity contribution in [2.24, 2.45) is 0 Å². The highest BCUT2D eigenvalue weighted by Crippen LogP contribution is 2.31. The summed E-state index contributed by atoms with van der Waals surface area (Å²) < 4.78 is 10.9. The standard InChI is InChI=1S/C23H17ClO3/c1-26-18-11-12-19-20(13-15-7-9-17(24)10-8-15)22(16-5-3-2-4-6-16)23(25)27-21(19)14-18/h2-12,14H,13H2,1H3. The molecular weight excluding hydrogens is 360 g/mol. The molecule has 3 aromatic carbocycles. The van der Waals surface area contributed by atoms with Gasteiger partial charge in [-0.25, -0.2) is 4.79 Å². The van der Waals surface area contributed by atoms with E-state index in [4.69, 9.17) is 20.8 Å². The van der Waals surface area contributed by atoms with Crippen molar-refractivity contribution in [3.63, 3.8) is 0 Å². The fourth-order valence-electron chi connectivity index (χ4n) is 3.26. The molecule has 0 fully saturated rings. The molecule has 0 saturated carbocycles. The third kappa shape index (κ3) is 3.46. The van der Waals surface area contributed by atoms with Crippen LogP contribution in [0.25, 0.3) is 22.1 Å². The van der Waals surface area contributed by atoms with Gasteiger partial charge in [-0.15, -0.1) is 0 Å². The Kier molecular flexibility index (Phi) is 4.69. The Morgan fingerprint density at radius 3 is 2.41 bits per heavy atom. The van der Waals surface area contributed by atoms with Gasteiger partial charge in [0.15, 0.2) is 0 Å². The van der Waals surface area contributed by atoms with Crippen LogP contribution in [0.3, 0.4) is 0 Å². The van der Waals surface area contributed by atoms with Gasteiger partial charge in [0.2, 0.25) is 0 Å². The fourth-order valence-corrected chi connectivity index (χ4v) is 3.39. The Morgan fingerprint density at radius 2 is 1.70 bits per heavy atom. The lowest BCUT2D eigenvalue weighted by Gasteiger charge is -2.13. The number of ether oxygens (including phenoxy) is 1. The van der Waals surface area contributed by atoms with E-state index < -0.39 is 0 Å². The van der Waals surface area contributed by atoms with Crippen molar-refractivity contribution in [1.29, 1.82) is 0 Å². The summed E-state index contributed by atoms with van der Waals surface area (Å²) in [6.45, 7) is 0. The molecule has 0 atom stereocenters. The lowest BCUT2D eigenvalue weighted by atomic mass is 9.93. The zero-order chi connectivity index (χ0) is 18.8. The quantitative estimate of drug-likeness (QED) is 0.428.